The van der Waals surface area contributed by atoms with Gasteiger partial charge in [0, 0.05) is 17.1 Å². The predicted molar refractivity (Wildman–Crippen MR) is 144 cm³/mol. The van der Waals surface area contributed by atoms with Crippen molar-refractivity contribution in [1.82, 2.24) is 5.32 Å². The molecule has 190 valence electrons. The normalized spacial score (nSPS) is 12.3. The third-order valence-electron chi connectivity index (χ3n) is 5.99. The van der Waals surface area contributed by atoms with E-state index in [-0.39, 0.29) is 15.4 Å². The van der Waals surface area contributed by atoms with Crippen LogP contribution >= 0.6 is 11.6 Å². The molecule has 1 atom stereocenters. The highest BCUT2D eigenvalue weighted by Gasteiger charge is 2.28. The van der Waals surface area contributed by atoms with Gasteiger partial charge in [-0.3, -0.25) is 0 Å². The summed E-state index contributed by atoms with van der Waals surface area (Å²) in [5.41, 5.74) is 2.32. The van der Waals surface area contributed by atoms with Crippen molar-refractivity contribution in [1.29, 1.82) is 0 Å². The number of halogens is 1. The molecule has 4 rings (SSSR count). The van der Waals surface area contributed by atoms with E-state index in [9.17, 15) is 23.4 Å². The molecule has 0 aromatic heterocycles. The number of aliphatic hydroxyl groups is 1. The molecule has 0 amide bonds. The molecule has 6 nitrogen and oxygen atoms in total. The van der Waals surface area contributed by atoms with Crippen LogP contribution in [0, 0.1) is 0 Å². The summed E-state index contributed by atoms with van der Waals surface area (Å²) >= 11 is 5.97. The monoisotopic (exact) mass is 535 g/mol. The van der Waals surface area contributed by atoms with Gasteiger partial charge in [-0.25, -0.2) is 13.2 Å². The minimum atomic E-state index is -4.12. The van der Waals surface area contributed by atoms with E-state index < -0.39 is 21.9 Å². The van der Waals surface area contributed by atoms with Crippen LogP contribution in [0.2, 0.25) is 5.02 Å². The van der Waals surface area contributed by atoms with Crippen LogP contribution in [0.25, 0.3) is 11.1 Å². The van der Waals surface area contributed by atoms with E-state index in [0.717, 1.165) is 11.1 Å². The molecule has 0 spiro atoms. The molecule has 8 heteroatoms. The van der Waals surface area contributed by atoms with E-state index in [1.54, 1.807) is 66.7 Å². The second-order valence-corrected chi connectivity index (χ2v) is 10.8. The minimum absolute atomic E-state index is 0.0199. The summed E-state index contributed by atoms with van der Waals surface area (Å²) in [5.74, 6) is -1.31. The van der Waals surface area contributed by atoms with Gasteiger partial charge in [0.1, 0.15) is 0 Å². The lowest BCUT2D eigenvalue weighted by atomic mass is 10.0. The van der Waals surface area contributed by atoms with Crippen LogP contribution in [0.5, 0.6) is 0 Å². The van der Waals surface area contributed by atoms with Gasteiger partial charge in [-0.1, -0.05) is 78.3 Å². The standard InChI is InChI=1S/C29H26ClNO5S/c30-23-9-4-8-22(18-23)27(32)19-31-17-16-20-12-14-24(15-13-20)37(35,36)28-25(21-6-2-1-3-7-21)10-5-11-26(28)29(33)34/h1-15,18,27,31-32H,16-17,19H2,(H,33,34). The van der Waals surface area contributed by atoms with Gasteiger partial charge >= 0.3 is 5.97 Å². The summed E-state index contributed by atoms with van der Waals surface area (Å²) in [6, 6.07) is 26.8. The number of aromatic carboxylic acids is 1. The molecule has 0 saturated heterocycles. The maximum Gasteiger partial charge on any atom is 0.337 e. The molecule has 0 aliphatic rings. The van der Waals surface area contributed by atoms with E-state index in [2.05, 4.69) is 5.32 Å². The SMILES string of the molecule is O=C(O)c1cccc(-c2ccccc2)c1S(=O)(=O)c1ccc(CCNCC(O)c2cccc(Cl)c2)cc1. The Labute approximate surface area is 221 Å². The highest BCUT2D eigenvalue weighted by Crippen LogP contribution is 2.34. The highest BCUT2D eigenvalue weighted by molar-refractivity contribution is 7.91. The first-order chi connectivity index (χ1) is 17.8. The lowest BCUT2D eigenvalue weighted by Gasteiger charge is -2.15. The number of benzene rings is 4. The molecule has 3 N–H and O–H groups in total. The Morgan fingerprint density at radius 3 is 2.27 bits per heavy atom. The van der Waals surface area contributed by atoms with E-state index in [0.29, 0.717) is 35.7 Å². The van der Waals surface area contributed by atoms with Crippen LogP contribution in [0.4, 0.5) is 0 Å². The van der Waals surface area contributed by atoms with Gasteiger partial charge < -0.3 is 15.5 Å². The Balaban J connectivity index is 1.49. The fourth-order valence-corrected chi connectivity index (χ4v) is 5.95. The Morgan fingerprint density at radius 1 is 0.892 bits per heavy atom. The highest BCUT2D eigenvalue weighted by atomic mass is 35.5. The van der Waals surface area contributed by atoms with Gasteiger partial charge in [-0.2, -0.15) is 0 Å². The van der Waals surface area contributed by atoms with Crippen molar-refractivity contribution in [3.8, 4) is 11.1 Å². The van der Waals surface area contributed by atoms with Crippen LogP contribution in [0.15, 0.2) is 107 Å². The number of aliphatic hydroxyl groups excluding tert-OH is 1. The molecule has 0 radical (unpaired) electrons. The van der Waals surface area contributed by atoms with E-state index >= 15 is 0 Å². The van der Waals surface area contributed by atoms with E-state index in [1.807, 2.05) is 12.1 Å². The fraction of sp³-hybridized carbons (Fsp3) is 0.138. The molecule has 0 aliphatic carbocycles. The van der Waals surface area contributed by atoms with Crippen molar-refractivity contribution in [2.45, 2.75) is 22.3 Å². The molecule has 0 heterocycles. The predicted octanol–water partition coefficient (Wildman–Crippen LogP) is 5.40. The smallest absolute Gasteiger partial charge is 0.337 e. The number of carboxylic acids is 1. The minimum Gasteiger partial charge on any atom is -0.478 e. The largest absolute Gasteiger partial charge is 0.478 e. The number of hydrogen-bond donors (Lipinski definition) is 3. The van der Waals surface area contributed by atoms with Crippen LogP contribution < -0.4 is 5.32 Å². The Hall–Kier alpha value is -3.49. The van der Waals surface area contributed by atoms with Crippen molar-refractivity contribution in [3.63, 3.8) is 0 Å². The molecular weight excluding hydrogens is 510 g/mol. The number of sulfone groups is 1. The van der Waals surface area contributed by atoms with Gasteiger partial charge in [0.25, 0.3) is 0 Å². The summed E-state index contributed by atoms with van der Waals surface area (Å²) in [6.45, 7) is 0.921. The van der Waals surface area contributed by atoms with Crippen molar-refractivity contribution in [2.24, 2.45) is 0 Å². The van der Waals surface area contributed by atoms with Crippen LogP contribution in [-0.4, -0.2) is 37.7 Å². The summed E-state index contributed by atoms with van der Waals surface area (Å²) in [4.78, 5) is 11.7. The summed E-state index contributed by atoms with van der Waals surface area (Å²) in [6.07, 6.45) is -0.0804. The molecule has 37 heavy (non-hydrogen) atoms. The van der Waals surface area contributed by atoms with Crippen molar-refractivity contribution < 1.29 is 23.4 Å². The number of carboxylic acid groups (broad SMARTS) is 1. The molecule has 0 saturated carbocycles. The number of carbonyl (C=O) groups is 1. The topological polar surface area (TPSA) is 104 Å². The molecule has 0 fully saturated rings. The molecule has 0 bridgehead atoms. The molecule has 4 aromatic rings. The van der Waals surface area contributed by atoms with Crippen molar-refractivity contribution in [2.75, 3.05) is 13.1 Å². The number of nitrogens with one attached hydrogen (secondary N) is 1. The van der Waals surface area contributed by atoms with Gasteiger partial charge in [-0.05, 0) is 60.0 Å². The second-order valence-electron chi connectivity index (χ2n) is 8.53. The van der Waals surface area contributed by atoms with Crippen LogP contribution in [0.3, 0.4) is 0 Å². The lowest BCUT2D eigenvalue weighted by molar-refractivity contribution is 0.0692. The van der Waals surface area contributed by atoms with Crippen molar-refractivity contribution in [3.05, 3.63) is 119 Å². The zero-order valence-electron chi connectivity index (χ0n) is 19.8. The average Bonchev–Trinajstić information content (AvgIpc) is 2.91. The zero-order valence-corrected chi connectivity index (χ0v) is 21.4. The maximum atomic E-state index is 13.6. The van der Waals surface area contributed by atoms with Crippen LogP contribution in [-0.2, 0) is 16.3 Å². The maximum absolute atomic E-state index is 13.6. The first kappa shape index (κ1) is 26.6. The van der Waals surface area contributed by atoms with Gasteiger partial charge in [-0.15, -0.1) is 0 Å². The molecular formula is C29H26ClNO5S. The molecule has 4 aromatic carbocycles. The second kappa shape index (κ2) is 11.7. The van der Waals surface area contributed by atoms with Gasteiger partial charge in [0.05, 0.1) is 21.5 Å². The zero-order chi connectivity index (χ0) is 26.4. The van der Waals surface area contributed by atoms with Crippen molar-refractivity contribution >= 4 is 27.4 Å². The number of rotatable bonds is 10. The third kappa shape index (κ3) is 6.26. The quantitative estimate of drug-likeness (QED) is 0.235. The summed E-state index contributed by atoms with van der Waals surface area (Å²) < 4.78 is 27.3. The van der Waals surface area contributed by atoms with Gasteiger partial charge in [0.15, 0.2) is 0 Å². The fourth-order valence-electron chi connectivity index (χ4n) is 4.10. The Morgan fingerprint density at radius 2 is 1.59 bits per heavy atom. The van der Waals surface area contributed by atoms with Gasteiger partial charge in [0.2, 0.25) is 9.84 Å². The molecule has 1 unspecified atom stereocenters. The first-order valence-electron chi connectivity index (χ1n) is 11.7. The molecule has 0 aliphatic heterocycles. The van der Waals surface area contributed by atoms with E-state index in [1.165, 1.54) is 18.2 Å². The van der Waals surface area contributed by atoms with E-state index in [4.69, 9.17) is 11.6 Å². The lowest BCUT2D eigenvalue weighted by Crippen LogP contribution is -2.23. The van der Waals surface area contributed by atoms with Crippen LogP contribution in [0.1, 0.15) is 27.6 Å². The average molecular weight is 536 g/mol. The first-order valence-corrected chi connectivity index (χ1v) is 13.5. The number of hydrogen-bond acceptors (Lipinski definition) is 5. The Bertz CT molecular complexity index is 1490. The third-order valence-corrected chi connectivity index (χ3v) is 8.10. The summed E-state index contributed by atoms with van der Waals surface area (Å²) in [7, 11) is -4.12. The summed E-state index contributed by atoms with van der Waals surface area (Å²) in [5, 5.41) is 23.8. The Kier molecular flexibility index (Phi) is 8.41.